The van der Waals surface area contributed by atoms with E-state index in [2.05, 4.69) is 6.58 Å². The van der Waals surface area contributed by atoms with Gasteiger partial charge >= 0.3 is 17.9 Å². The predicted octanol–water partition coefficient (Wildman–Crippen LogP) is 3.03. The van der Waals surface area contributed by atoms with E-state index in [-0.39, 0.29) is 11.8 Å². The molecule has 0 aromatic heterocycles. The molecule has 0 aromatic carbocycles. The summed E-state index contributed by atoms with van der Waals surface area (Å²) in [5, 5.41) is 30.5. The van der Waals surface area contributed by atoms with Crippen LogP contribution in [0, 0.1) is 39.9 Å². The highest BCUT2D eigenvalue weighted by Gasteiger charge is 2.78. The fraction of sp³-hybridized carbons (Fsp3) is 0.750. The van der Waals surface area contributed by atoms with E-state index in [1.807, 2.05) is 0 Å². The van der Waals surface area contributed by atoms with Crippen LogP contribution in [0.25, 0.3) is 0 Å². The Kier molecular flexibility index (Phi) is 3.45. The van der Waals surface area contributed by atoms with Crippen molar-refractivity contribution < 1.29 is 29.7 Å². The molecule has 0 aliphatic heterocycles. The van der Waals surface area contributed by atoms with Gasteiger partial charge in [-0.1, -0.05) is 18.6 Å². The summed E-state index contributed by atoms with van der Waals surface area (Å²) in [4.78, 5) is 37.3. The second-order valence-electron chi connectivity index (χ2n) is 9.31. The number of carboxylic acid groups (broad SMARTS) is 3. The number of rotatable bonds is 3. The lowest BCUT2D eigenvalue weighted by atomic mass is 9.52. The van der Waals surface area contributed by atoms with Gasteiger partial charge in [0.2, 0.25) is 0 Å². The zero-order valence-electron chi connectivity index (χ0n) is 15.0. The molecule has 1 spiro atoms. The highest BCUT2D eigenvalue weighted by molar-refractivity contribution is 5.85. The second-order valence-corrected chi connectivity index (χ2v) is 9.31. The molecule has 0 aromatic rings. The van der Waals surface area contributed by atoms with E-state index in [4.69, 9.17) is 0 Å². The molecular weight excluding hydrogens is 336 g/mol. The van der Waals surface area contributed by atoms with Crippen molar-refractivity contribution in [3.8, 4) is 0 Å². The zero-order valence-corrected chi connectivity index (χ0v) is 15.0. The summed E-state index contributed by atoms with van der Waals surface area (Å²) < 4.78 is 0. The predicted molar refractivity (Wildman–Crippen MR) is 91.3 cm³/mol. The van der Waals surface area contributed by atoms with Crippen LogP contribution in [0.15, 0.2) is 12.2 Å². The number of aliphatic carboxylic acids is 3. The standard InChI is InChI=1S/C20H26O6/c1-10-8-19-9-11(10)4-5-12(19)20(17(25)26)7-3-6-18(2,16(23)24)14(20)13(19)15(21)22/h11-14H,1,3-9H2,2H3,(H,21,22)(H,23,24)(H,25,26)/t11-,12-,13-,14-,18-,19+,20-/m1/s1. The summed E-state index contributed by atoms with van der Waals surface area (Å²) in [5.74, 6) is -4.96. The maximum absolute atomic E-state index is 12.6. The van der Waals surface area contributed by atoms with E-state index < -0.39 is 46.0 Å². The Morgan fingerprint density at radius 1 is 1.08 bits per heavy atom. The van der Waals surface area contributed by atoms with E-state index in [0.29, 0.717) is 38.5 Å². The normalized spacial score (nSPS) is 49.3. The Hall–Kier alpha value is -1.85. The molecule has 4 aliphatic carbocycles. The molecule has 0 saturated heterocycles. The lowest BCUT2D eigenvalue weighted by Crippen LogP contribution is -2.54. The van der Waals surface area contributed by atoms with Crippen LogP contribution in [0.5, 0.6) is 0 Å². The molecule has 2 bridgehead atoms. The van der Waals surface area contributed by atoms with Crippen molar-refractivity contribution >= 4 is 17.9 Å². The number of carbonyl (C=O) groups is 3. The first kappa shape index (κ1) is 17.6. The van der Waals surface area contributed by atoms with Crippen molar-refractivity contribution in [1.29, 1.82) is 0 Å². The van der Waals surface area contributed by atoms with Gasteiger partial charge in [-0.25, -0.2) is 0 Å². The van der Waals surface area contributed by atoms with E-state index >= 15 is 0 Å². The molecule has 26 heavy (non-hydrogen) atoms. The summed E-state index contributed by atoms with van der Waals surface area (Å²) in [5.41, 5.74) is -2.22. The largest absolute Gasteiger partial charge is 0.481 e. The molecule has 6 nitrogen and oxygen atoms in total. The van der Waals surface area contributed by atoms with E-state index in [1.165, 1.54) is 0 Å². The summed E-state index contributed by atoms with van der Waals surface area (Å²) in [7, 11) is 0. The van der Waals surface area contributed by atoms with Crippen LogP contribution in [0.4, 0.5) is 0 Å². The Bertz CT molecular complexity index is 728. The van der Waals surface area contributed by atoms with Crippen molar-refractivity contribution in [2.75, 3.05) is 0 Å². The third-order valence-corrected chi connectivity index (χ3v) is 8.51. The lowest BCUT2D eigenvalue weighted by Gasteiger charge is -2.49. The SMILES string of the molecule is C=C1C[C@]23C[C@H]1CC[C@H]2[C@]1(C(=O)O)CCC[C@@](C)(C(=O)O)[C@H]1[C@@H]3C(=O)O. The number of hydrogen-bond acceptors (Lipinski definition) is 3. The minimum absolute atomic E-state index is 0.246. The first-order chi connectivity index (χ1) is 12.1. The van der Waals surface area contributed by atoms with Gasteiger partial charge in [0.25, 0.3) is 0 Å². The summed E-state index contributed by atoms with van der Waals surface area (Å²) in [6.45, 7) is 5.72. The van der Waals surface area contributed by atoms with Gasteiger partial charge in [0, 0.05) is 5.92 Å². The van der Waals surface area contributed by atoms with Crippen LogP contribution in [0.3, 0.4) is 0 Å². The molecular formula is C20H26O6. The fourth-order valence-corrected chi connectivity index (χ4v) is 7.73. The minimum atomic E-state index is -1.33. The molecule has 4 fully saturated rings. The maximum atomic E-state index is 12.6. The van der Waals surface area contributed by atoms with Crippen LogP contribution >= 0.6 is 0 Å². The molecule has 3 N–H and O–H groups in total. The molecule has 0 radical (unpaired) electrons. The zero-order chi connectivity index (χ0) is 19.1. The smallest absolute Gasteiger partial charge is 0.310 e. The lowest BCUT2D eigenvalue weighted by molar-refractivity contribution is -0.177. The van der Waals surface area contributed by atoms with Gasteiger partial charge in [0.05, 0.1) is 16.7 Å². The summed E-state index contributed by atoms with van der Waals surface area (Å²) >= 11 is 0. The molecule has 0 heterocycles. The van der Waals surface area contributed by atoms with Crippen molar-refractivity contribution in [2.45, 2.75) is 51.9 Å². The first-order valence-electron chi connectivity index (χ1n) is 9.48. The summed E-state index contributed by atoms with van der Waals surface area (Å²) in [6, 6.07) is 0. The van der Waals surface area contributed by atoms with Crippen LogP contribution < -0.4 is 0 Å². The number of carboxylic acids is 3. The minimum Gasteiger partial charge on any atom is -0.481 e. The van der Waals surface area contributed by atoms with Crippen molar-refractivity contribution in [2.24, 2.45) is 39.9 Å². The summed E-state index contributed by atoms with van der Waals surface area (Å²) in [6.07, 6.45) is 3.89. The average molecular weight is 362 g/mol. The van der Waals surface area contributed by atoms with Crippen molar-refractivity contribution in [1.82, 2.24) is 0 Å². The van der Waals surface area contributed by atoms with Crippen LogP contribution in [0.1, 0.15) is 51.9 Å². The quantitative estimate of drug-likeness (QED) is 0.665. The van der Waals surface area contributed by atoms with Crippen molar-refractivity contribution in [3.63, 3.8) is 0 Å². The highest BCUT2D eigenvalue weighted by Crippen LogP contribution is 2.77. The second kappa shape index (κ2) is 5.11. The first-order valence-corrected chi connectivity index (χ1v) is 9.48. The molecule has 4 aliphatic rings. The van der Waals surface area contributed by atoms with Crippen molar-refractivity contribution in [3.05, 3.63) is 12.2 Å². The van der Waals surface area contributed by atoms with Crippen LogP contribution in [-0.4, -0.2) is 33.2 Å². The average Bonchev–Trinajstić information content (AvgIpc) is 2.96. The van der Waals surface area contributed by atoms with Gasteiger partial charge in [0.1, 0.15) is 0 Å². The third-order valence-electron chi connectivity index (χ3n) is 8.51. The van der Waals surface area contributed by atoms with Crippen LogP contribution in [-0.2, 0) is 14.4 Å². The Morgan fingerprint density at radius 2 is 1.77 bits per heavy atom. The third kappa shape index (κ3) is 1.75. The molecule has 4 rings (SSSR count). The number of allylic oxidation sites excluding steroid dienone is 1. The number of fused-ring (bicyclic) bond motifs is 3. The molecule has 0 amide bonds. The van der Waals surface area contributed by atoms with Gasteiger partial charge in [-0.15, -0.1) is 0 Å². The van der Waals surface area contributed by atoms with Gasteiger partial charge in [-0.3, -0.25) is 14.4 Å². The van der Waals surface area contributed by atoms with E-state index in [0.717, 1.165) is 12.0 Å². The Balaban J connectivity index is 2.00. The monoisotopic (exact) mass is 362 g/mol. The van der Waals surface area contributed by atoms with Gasteiger partial charge in [-0.2, -0.15) is 0 Å². The van der Waals surface area contributed by atoms with E-state index in [1.54, 1.807) is 6.92 Å². The molecule has 7 atom stereocenters. The Morgan fingerprint density at radius 3 is 2.35 bits per heavy atom. The topological polar surface area (TPSA) is 112 Å². The van der Waals surface area contributed by atoms with E-state index in [9.17, 15) is 29.7 Å². The molecule has 0 unspecified atom stereocenters. The molecule has 142 valence electrons. The Labute approximate surface area is 152 Å². The van der Waals surface area contributed by atoms with Gasteiger partial charge in [0.15, 0.2) is 0 Å². The molecule has 6 heteroatoms. The molecule has 4 saturated carbocycles. The highest BCUT2D eigenvalue weighted by atomic mass is 16.4. The van der Waals surface area contributed by atoms with Gasteiger partial charge < -0.3 is 15.3 Å². The van der Waals surface area contributed by atoms with Gasteiger partial charge in [-0.05, 0) is 62.7 Å². The van der Waals surface area contributed by atoms with Crippen LogP contribution in [0.2, 0.25) is 0 Å². The number of hydrogen-bond donors (Lipinski definition) is 3. The maximum Gasteiger partial charge on any atom is 0.310 e. The fourth-order valence-electron chi connectivity index (χ4n) is 7.73.